The van der Waals surface area contributed by atoms with Crippen molar-refractivity contribution in [3.8, 4) is 0 Å². The number of aromatic nitrogens is 3. The molecule has 0 radical (unpaired) electrons. The summed E-state index contributed by atoms with van der Waals surface area (Å²) < 4.78 is 2.37. The van der Waals surface area contributed by atoms with Gasteiger partial charge in [-0.15, -0.1) is 0 Å². The average molecular weight is 435 g/mol. The van der Waals surface area contributed by atoms with Crippen molar-refractivity contribution in [2.45, 2.75) is 32.5 Å². The summed E-state index contributed by atoms with van der Waals surface area (Å²) in [6.07, 6.45) is 5.60. The Morgan fingerprint density at radius 3 is 2.65 bits per heavy atom. The standard InChI is InChI=1S/C24H30N6S/c1-17-14-20(18(2)30(17)16-19-8-7-10-25-15-19)23-22(21-9-5-6-11-26-21)27-24(31)29(23)13-12-28(3)4/h5-11,14-15,22-23H,12-13,16H2,1-4H3,(H,27,31)/t22-,23-/m0/s1. The van der Waals surface area contributed by atoms with E-state index in [1.54, 1.807) is 0 Å². The Kier molecular flexibility index (Phi) is 6.34. The molecule has 3 aromatic rings. The number of likely N-dealkylation sites (N-methyl/N-ethyl adjacent to an activating group) is 1. The zero-order valence-corrected chi connectivity index (χ0v) is 19.4. The fourth-order valence-electron chi connectivity index (χ4n) is 4.34. The third kappa shape index (κ3) is 4.48. The summed E-state index contributed by atoms with van der Waals surface area (Å²) in [7, 11) is 4.19. The van der Waals surface area contributed by atoms with Gasteiger partial charge in [0.05, 0.1) is 17.8 Å². The molecule has 1 saturated heterocycles. The SMILES string of the molecule is Cc1cc([C@H]2[C@H](c3ccccn3)NC(=S)N2CCN(C)C)c(C)n1Cc1cccnc1. The first-order valence-corrected chi connectivity index (χ1v) is 11.0. The molecule has 0 spiro atoms. The van der Waals surface area contributed by atoms with Crippen molar-refractivity contribution >= 4 is 17.3 Å². The zero-order chi connectivity index (χ0) is 22.0. The van der Waals surface area contributed by atoms with E-state index in [9.17, 15) is 0 Å². The van der Waals surface area contributed by atoms with Crippen molar-refractivity contribution in [2.75, 3.05) is 27.2 Å². The van der Waals surface area contributed by atoms with Gasteiger partial charge in [-0.2, -0.15) is 0 Å². The summed E-state index contributed by atoms with van der Waals surface area (Å²) in [5, 5.41) is 4.35. The van der Waals surface area contributed by atoms with Crippen LogP contribution in [0.5, 0.6) is 0 Å². The van der Waals surface area contributed by atoms with Crippen LogP contribution in [0, 0.1) is 13.8 Å². The molecule has 0 aliphatic carbocycles. The lowest BCUT2D eigenvalue weighted by atomic mass is 9.97. The quantitative estimate of drug-likeness (QED) is 0.575. The minimum absolute atomic E-state index is 0.0169. The van der Waals surface area contributed by atoms with Gasteiger partial charge < -0.3 is 19.7 Å². The molecular formula is C24H30N6S. The van der Waals surface area contributed by atoms with E-state index in [0.29, 0.717) is 0 Å². The largest absolute Gasteiger partial charge is 0.352 e. The van der Waals surface area contributed by atoms with E-state index in [-0.39, 0.29) is 12.1 Å². The highest BCUT2D eigenvalue weighted by Crippen LogP contribution is 2.40. The van der Waals surface area contributed by atoms with Crippen molar-refractivity contribution in [3.05, 3.63) is 83.2 Å². The number of nitrogens with one attached hydrogen (secondary N) is 1. The van der Waals surface area contributed by atoms with Gasteiger partial charge in [-0.1, -0.05) is 12.1 Å². The Labute approximate surface area is 189 Å². The van der Waals surface area contributed by atoms with Gasteiger partial charge in [-0.3, -0.25) is 9.97 Å². The lowest BCUT2D eigenvalue weighted by Crippen LogP contribution is -2.35. The molecule has 31 heavy (non-hydrogen) atoms. The first kappa shape index (κ1) is 21.5. The van der Waals surface area contributed by atoms with E-state index in [1.165, 1.54) is 22.5 Å². The van der Waals surface area contributed by atoms with E-state index < -0.39 is 0 Å². The van der Waals surface area contributed by atoms with Gasteiger partial charge in [0.15, 0.2) is 5.11 Å². The number of rotatable bonds is 7. The molecule has 162 valence electrons. The van der Waals surface area contributed by atoms with Gasteiger partial charge in [0.25, 0.3) is 0 Å². The Bertz CT molecular complexity index is 1030. The maximum atomic E-state index is 5.79. The highest BCUT2D eigenvalue weighted by Gasteiger charge is 2.41. The van der Waals surface area contributed by atoms with Gasteiger partial charge in [0.1, 0.15) is 0 Å². The molecule has 0 aromatic carbocycles. The summed E-state index contributed by atoms with van der Waals surface area (Å²) in [5.41, 5.74) is 6.00. The van der Waals surface area contributed by atoms with Crippen molar-refractivity contribution in [3.63, 3.8) is 0 Å². The molecule has 2 atom stereocenters. The van der Waals surface area contributed by atoms with Crippen LogP contribution in [-0.4, -0.2) is 56.6 Å². The van der Waals surface area contributed by atoms with Gasteiger partial charge in [-0.25, -0.2) is 0 Å². The lowest BCUT2D eigenvalue weighted by molar-refractivity contribution is 0.277. The monoisotopic (exact) mass is 434 g/mol. The molecule has 1 aliphatic rings. The number of hydrogen-bond acceptors (Lipinski definition) is 4. The Hall–Kier alpha value is -2.77. The van der Waals surface area contributed by atoms with Crippen LogP contribution in [0.4, 0.5) is 0 Å². The van der Waals surface area contributed by atoms with Crippen LogP contribution in [0.2, 0.25) is 0 Å². The molecule has 4 rings (SSSR count). The number of nitrogens with zero attached hydrogens (tertiary/aromatic N) is 5. The molecule has 0 saturated carbocycles. The fraction of sp³-hybridized carbons (Fsp3) is 0.375. The molecule has 0 amide bonds. The van der Waals surface area contributed by atoms with Crippen molar-refractivity contribution < 1.29 is 0 Å². The molecule has 1 fully saturated rings. The first-order chi connectivity index (χ1) is 15.0. The molecule has 3 aromatic heterocycles. The highest BCUT2D eigenvalue weighted by atomic mass is 32.1. The summed E-state index contributed by atoms with van der Waals surface area (Å²) in [6.45, 7) is 6.98. The van der Waals surface area contributed by atoms with E-state index in [1.807, 2.05) is 36.8 Å². The van der Waals surface area contributed by atoms with E-state index >= 15 is 0 Å². The summed E-state index contributed by atoms with van der Waals surface area (Å²) in [4.78, 5) is 13.4. The molecule has 0 bridgehead atoms. The minimum atomic E-state index is 0.0169. The Morgan fingerprint density at radius 2 is 1.97 bits per heavy atom. The molecule has 0 unspecified atom stereocenters. The van der Waals surface area contributed by atoms with Crippen molar-refractivity contribution in [1.29, 1.82) is 0 Å². The van der Waals surface area contributed by atoms with Crippen LogP contribution < -0.4 is 5.32 Å². The van der Waals surface area contributed by atoms with E-state index in [0.717, 1.165) is 30.4 Å². The average Bonchev–Trinajstić information content (AvgIpc) is 3.24. The maximum Gasteiger partial charge on any atom is 0.170 e. The molecule has 7 heteroatoms. The Balaban J connectivity index is 1.73. The third-order valence-corrected chi connectivity index (χ3v) is 6.33. The second kappa shape index (κ2) is 9.16. The van der Waals surface area contributed by atoms with Crippen molar-refractivity contribution in [2.24, 2.45) is 0 Å². The number of hydrogen-bond donors (Lipinski definition) is 1. The van der Waals surface area contributed by atoms with Crippen LogP contribution in [0.3, 0.4) is 0 Å². The predicted octanol–water partition coefficient (Wildman–Crippen LogP) is 3.48. The van der Waals surface area contributed by atoms with Crippen LogP contribution in [-0.2, 0) is 6.54 Å². The number of pyridine rings is 2. The van der Waals surface area contributed by atoms with Gasteiger partial charge in [0.2, 0.25) is 0 Å². The maximum absolute atomic E-state index is 5.79. The zero-order valence-electron chi connectivity index (χ0n) is 18.6. The summed E-state index contributed by atoms with van der Waals surface area (Å²) in [5.74, 6) is 0. The molecule has 6 nitrogen and oxygen atoms in total. The molecular weight excluding hydrogens is 404 g/mol. The van der Waals surface area contributed by atoms with Crippen LogP contribution in [0.25, 0.3) is 0 Å². The molecule has 4 heterocycles. The molecule has 1 N–H and O–H groups in total. The lowest BCUT2D eigenvalue weighted by Gasteiger charge is -2.29. The van der Waals surface area contributed by atoms with E-state index in [2.05, 4.69) is 75.8 Å². The second-order valence-corrected chi connectivity index (χ2v) is 8.78. The van der Waals surface area contributed by atoms with Crippen molar-refractivity contribution in [1.82, 2.24) is 29.7 Å². The number of thiocarbonyl (C=S) groups is 1. The van der Waals surface area contributed by atoms with Gasteiger partial charge in [0, 0.05) is 49.6 Å². The van der Waals surface area contributed by atoms with Crippen LogP contribution >= 0.6 is 12.2 Å². The van der Waals surface area contributed by atoms with Crippen LogP contribution in [0.15, 0.2) is 55.0 Å². The number of aryl methyl sites for hydroxylation is 1. The molecule has 1 aliphatic heterocycles. The minimum Gasteiger partial charge on any atom is -0.352 e. The second-order valence-electron chi connectivity index (χ2n) is 8.40. The third-order valence-electron chi connectivity index (χ3n) is 5.98. The fourth-order valence-corrected chi connectivity index (χ4v) is 4.67. The first-order valence-electron chi connectivity index (χ1n) is 10.6. The van der Waals surface area contributed by atoms with Gasteiger partial charge >= 0.3 is 0 Å². The highest BCUT2D eigenvalue weighted by molar-refractivity contribution is 7.80. The van der Waals surface area contributed by atoms with Crippen LogP contribution in [0.1, 0.15) is 40.3 Å². The van der Waals surface area contributed by atoms with Gasteiger partial charge in [-0.05, 0) is 75.6 Å². The predicted molar refractivity (Wildman–Crippen MR) is 128 cm³/mol. The summed E-state index contributed by atoms with van der Waals surface area (Å²) in [6, 6.07) is 12.6. The van der Waals surface area contributed by atoms with E-state index in [4.69, 9.17) is 12.2 Å². The Morgan fingerprint density at radius 1 is 1.13 bits per heavy atom. The normalized spacial score (nSPS) is 18.6. The summed E-state index contributed by atoms with van der Waals surface area (Å²) >= 11 is 5.79. The smallest absolute Gasteiger partial charge is 0.170 e. The topological polar surface area (TPSA) is 49.2 Å².